The van der Waals surface area contributed by atoms with E-state index in [1.165, 1.54) is 16.9 Å². The Morgan fingerprint density at radius 1 is 1.52 bits per heavy atom. The van der Waals surface area contributed by atoms with Gasteiger partial charge in [-0.15, -0.1) is 23.7 Å². The summed E-state index contributed by atoms with van der Waals surface area (Å²) < 4.78 is 6.48. The molecule has 0 radical (unpaired) electrons. The van der Waals surface area contributed by atoms with Crippen LogP contribution in [0.1, 0.15) is 10.4 Å². The summed E-state index contributed by atoms with van der Waals surface area (Å²) in [4.78, 5) is 17.4. The normalized spacial score (nSPS) is 17.3. The van der Waals surface area contributed by atoms with Crippen molar-refractivity contribution in [3.63, 3.8) is 0 Å². The highest BCUT2D eigenvalue weighted by molar-refractivity contribution is 9.10. The molecule has 23 heavy (non-hydrogen) atoms. The molecule has 0 saturated carbocycles. The van der Waals surface area contributed by atoms with Crippen molar-refractivity contribution in [3.05, 3.63) is 45.4 Å². The van der Waals surface area contributed by atoms with Gasteiger partial charge in [-0.3, -0.25) is 10.1 Å². The monoisotopic (exact) mass is 417 g/mol. The zero-order chi connectivity index (χ0) is 15.4. The molecule has 1 aromatic carbocycles. The number of aromatic nitrogens is 1. The molecule has 1 amide bonds. The number of nitrogens with zero attached hydrogens (tertiary/aromatic N) is 1. The molecule has 0 aliphatic carbocycles. The van der Waals surface area contributed by atoms with Gasteiger partial charge in [0.2, 0.25) is 0 Å². The first-order chi connectivity index (χ1) is 10.7. The zero-order valence-electron chi connectivity index (χ0n) is 12.3. The van der Waals surface area contributed by atoms with Gasteiger partial charge in [-0.05, 0) is 17.7 Å². The minimum atomic E-state index is -0.439. The SMILES string of the molecule is Cl.O=C(Nc1ncc(Cc2cccc(Br)c2)s1)C1CNCCO1. The fourth-order valence-electron chi connectivity index (χ4n) is 2.21. The second-order valence-corrected chi connectivity index (χ2v) is 7.02. The molecular formula is C15H17BrClN3O2S. The van der Waals surface area contributed by atoms with E-state index in [0.717, 1.165) is 22.3 Å². The van der Waals surface area contributed by atoms with Crippen LogP contribution in [0.3, 0.4) is 0 Å². The summed E-state index contributed by atoms with van der Waals surface area (Å²) in [7, 11) is 0. The van der Waals surface area contributed by atoms with E-state index in [1.807, 2.05) is 12.1 Å². The Hall–Kier alpha value is -0.990. The van der Waals surface area contributed by atoms with Gasteiger partial charge in [0.1, 0.15) is 6.10 Å². The third-order valence-corrected chi connectivity index (χ3v) is 4.68. The lowest BCUT2D eigenvalue weighted by Crippen LogP contribution is -2.45. The second kappa shape index (κ2) is 8.75. The van der Waals surface area contributed by atoms with E-state index in [2.05, 4.69) is 43.7 Å². The molecule has 1 aliphatic rings. The number of rotatable bonds is 4. The molecule has 1 atom stereocenters. The summed E-state index contributed by atoms with van der Waals surface area (Å²) in [6.45, 7) is 1.89. The van der Waals surface area contributed by atoms with E-state index in [-0.39, 0.29) is 18.3 Å². The molecule has 1 aromatic heterocycles. The number of benzene rings is 1. The number of hydrogen-bond acceptors (Lipinski definition) is 5. The lowest BCUT2D eigenvalue weighted by atomic mass is 10.1. The van der Waals surface area contributed by atoms with Crippen LogP contribution in [0, 0.1) is 0 Å². The smallest absolute Gasteiger partial charge is 0.256 e. The summed E-state index contributed by atoms with van der Waals surface area (Å²) in [5.74, 6) is -0.143. The van der Waals surface area contributed by atoms with Crippen LogP contribution in [-0.4, -0.2) is 36.7 Å². The van der Waals surface area contributed by atoms with Crippen LogP contribution in [0.5, 0.6) is 0 Å². The van der Waals surface area contributed by atoms with E-state index >= 15 is 0 Å². The maximum absolute atomic E-state index is 12.1. The van der Waals surface area contributed by atoms with Gasteiger partial charge in [-0.1, -0.05) is 28.1 Å². The number of carbonyl (C=O) groups is 1. The Bertz CT molecular complexity index is 662. The van der Waals surface area contributed by atoms with Crippen LogP contribution in [-0.2, 0) is 16.0 Å². The van der Waals surface area contributed by atoms with Gasteiger partial charge in [0.25, 0.3) is 5.91 Å². The minimum Gasteiger partial charge on any atom is -0.366 e. The topological polar surface area (TPSA) is 63.2 Å². The molecular weight excluding hydrogens is 402 g/mol. The Kier molecular flexibility index (Phi) is 6.98. The molecule has 3 rings (SSSR count). The number of halogens is 2. The largest absolute Gasteiger partial charge is 0.366 e. The predicted octanol–water partition coefficient (Wildman–Crippen LogP) is 2.85. The van der Waals surface area contributed by atoms with Crippen molar-refractivity contribution in [2.24, 2.45) is 0 Å². The average molecular weight is 419 g/mol. The first-order valence-corrected chi connectivity index (χ1v) is 8.64. The maximum Gasteiger partial charge on any atom is 0.256 e. The van der Waals surface area contributed by atoms with Crippen LogP contribution < -0.4 is 10.6 Å². The number of carbonyl (C=O) groups excluding carboxylic acids is 1. The highest BCUT2D eigenvalue weighted by Gasteiger charge is 2.22. The summed E-state index contributed by atoms with van der Waals surface area (Å²) in [6, 6.07) is 8.17. The fraction of sp³-hybridized carbons (Fsp3) is 0.333. The molecule has 0 spiro atoms. The quantitative estimate of drug-likeness (QED) is 0.801. The van der Waals surface area contributed by atoms with E-state index in [1.54, 1.807) is 6.20 Å². The van der Waals surface area contributed by atoms with Gasteiger partial charge in [0.05, 0.1) is 6.61 Å². The van der Waals surface area contributed by atoms with Crippen molar-refractivity contribution in [2.75, 3.05) is 25.0 Å². The number of thiazole rings is 1. The molecule has 1 aliphatic heterocycles. The number of nitrogens with one attached hydrogen (secondary N) is 2. The van der Waals surface area contributed by atoms with Crippen LogP contribution in [0.2, 0.25) is 0 Å². The molecule has 5 nitrogen and oxygen atoms in total. The molecule has 0 bridgehead atoms. The van der Waals surface area contributed by atoms with E-state index in [0.29, 0.717) is 18.3 Å². The molecule has 2 N–H and O–H groups in total. The highest BCUT2D eigenvalue weighted by Crippen LogP contribution is 2.22. The molecule has 2 aromatic rings. The molecule has 1 unspecified atom stereocenters. The fourth-order valence-corrected chi connectivity index (χ4v) is 3.51. The van der Waals surface area contributed by atoms with Gasteiger partial charge >= 0.3 is 0 Å². The second-order valence-electron chi connectivity index (χ2n) is 4.99. The maximum atomic E-state index is 12.1. The summed E-state index contributed by atoms with van der Waals surface area (Å²) in [5, 5.41) is 6.58. The van der Waals surface area contributed by atoms with E-state index < -0.39 is 6.10 Å². The van der Waals surface area contributed by atoms with Gasteiger partial charge in [0, 0.05) is 35.1 Å². The van der Waals surface area contributed by atoms with Crippen molar-refractivity contribution in [2.45, 2.75) is 12.5 Å². The van der Waals surface area contributed by atoms with Gasteiger partial charge in [-0.25, -0.2) is 4.98 Å². The minimum absolute atomic E-state index is 0. The standard InChI is InChI=1S/C15H16BrN3O2S.ClH/c16-11-3-1-2-10(6-11)7-12-8-18-15(22-12)19-14(20)13-9-17-4-5-21-13;/h1-3,6,8,13,17H,4-5,7,9H2,(H,18,19,20);1H. The van der Waals surface area contributed by atoms with Gasteiger partial charge < -0.3 is 10.1 Å². The van der Waals surface area contributed by atoms with Gasteiger partial charge in [-0.2, -0.15) is 0 Å². The molecule has 1 fully saturated rings. The number of anilines is 1. The van der Waals surface area contributed by atoms with Crippen molar-refractivity contribution < 1.29 is 9.53 Å². The number of hydrogen-bond donors (Lipinski definition) is 2. The van der Waals surface area contributed by atoms with Gasteiger partial charge in [0.15, 0.2) is 5.13 Å². The highest BCUT2D eigenvalue weighted by atomic mass is 79.9. The van der Waals surface area contributed by atoms with Crippen molar-refractivity contribution in [1.82, 2.24) is 10.3 Å². The van der Waals surface area contributed by atoms with Crippen molar-refractivity contribution >= 4 is 50.7 Å². The average Bonchev–Trinajstić information content (AvgIpc) is 2.95. The Labute approximate surface area is 153 Å². The van der Waals surface area contributed by atoms with Crippen LogP contribution in [0.25, 0.3) is 0 Å². The summed E-state index contributed by atoms with van der Waals surface area (Å²) in [6.07, 6.45) is 2.17. The molecule has 1 saturated heterocycles. The van der Waals surface area contributed by atoms with E-state index in [4.69, 9.17) is 4.74 Å². The third kappa shape index (κ3) is 5.26. The van der Waals surface area contributed by atoms with Crippen molar-refractivity contribution in [1.29, 1.82) is 0 Å². The number of amides is 1. The molecule has 2 heterocycles. The first kappa shape index (κ1) is 18.4. The lowest BCUT2D eigenvalue weighted by Gasteiger charge is -2.22. The first-order valence-electron chi connectivity index (χ1n) is 7.03. The van der Waals surface area contributed by atoms with Crippen LogP contribution in [0.4, 0.5) is 5.13 Å². The van der Waals surface area contributed by atoms with Crippen molar-refractivity contribution in [3.8, 4) is 0 Å². The van der Waals surface area contributed by atoms with Crippen LogP contribution in [0.15, 0.2) is 34.9 Å². The van der Waals surface area contributed by atoms with Crippen LogP contribution >= 0.6 is 39.7 Å². The lowest BCUT2D eigenvalue weighted by molar-refractivity contribution is -0.128. The zero-order valence-corrected chi connectivity index (χ0v) is 15.5. The Morgan fingerprint density at radius 3 is 3.13 bits per heavy atom. The number of morpholine rings is 1. The summed E-state index contributed by atoms with van der Waals surface area (Å²) >= 11 is 4.96. The Balaban J connectivity index is 0.00000192. The molecule has 124 valence electrons. The predicted molar refractivity (Wildman–Crippen MR) is 97.5 cm³/mol. The Morgan fingerprint density at radius 2 is 2.39 bits per heavy atom. The summed E-state index contributed by atoms with van der Waals surface area (Å²) in [5.41, 5.74) is 1.20. The molecule has 8 heteroatoms. The third-order valence-electron chi connectivity index (χ3n) is 3.27. The number of ether oxygens (including phenoxy) is 1. The van der Waals surface area contributed by atoms with E-state index in [9.17, 15) is 4.79 Å².